The standard InChI is InChI=1S/C19H20N4O2S/c24-26(25,16-7-8-17-15(14-16)4-3-9-21-17)22-18-5-1-2-6-19(18)23-12-10-20-11-13-23/h1-9,14,20,22H,10-13H2. The normalized spacial score (nSPS) is 15.2. The van der Waals surface area contributed by atoms with Crippen molar-refractivity contribution in [1.29, 1.82) is 0 Å². The van der Waals surface area contributed by atoms with Crippen molar-refractivity contribution in [3.05, 3.63) is 60.8 Å². The van der Waals surface area contributed by atoms with Gasteiger partial charge in [0.05, 0.1) is 21.8 Å². The van der Waals surface area contributed by atoms with Crippen molar-refractivity contribution in [2.24, 2.45) is 0 Å². The second kappa shape index (κ2) is 6.93. The van der Waals surface area contributed by atoms with Gasteiger partial charge < -0.3 is 10.2 Å². The molecule has 4 rings (SSSR count). The molecule has 1 aliphatic rings. The van der Waals surface area contributed by atoms with E-state index >= 15 is 0 Å². The zero-order valence-corrected chi connectivity index (χ0v) is 15.0. The Kier molecular flexibility index (Phi) is 4.48. The van der Waals surface area contributed by atoms with Crippen LogP contribution in [0.15, 0.2) is 65.7 Å². The predicted octanol–water partition coefficient (Wildman–Crippen LogP) is 2.45. The fraction of sp³-hybridized carbons (Fsp3) is 0.211. The second-order valence-corrected chi connectivity index (χ2v) is 7.90. The number of hydrogen-bond donors (Lipinski definition) is 2. The van der Waals surface area contributed by atoms with E-state index in [9.17, 15) is 8.42 Å². The Labute approximate surface area is 152 Å². The van der Waals surface area contributed by atoms with Gasteiger partial charge in [0, 0.05) is 37.8 Å². The largest absolute Gasteiger partial charge is 0.367 e. The number of aromatic nitrogens is 1. The summed E-state index contributed by atoms with van der Waals surface area (Å²) in [5.41, 5.74) is 2.27. The number of pyridine rings is 1. The summed E-state index contributed by atoms with van der Waals surface area (Å²) in [6, 6.07) is 16.1. The summed E-state index contributed by atoms with van der Waals surface area (Å²) in [5, 5.41) is 4.11. The maximum atomic E-state index is 12.9. The molecule has 6 nitrogen and oxygen atoms in total. The maximum Gasteiger partial charge on any atom is 0.261 e. The van der Waals surface area contributed by atoms with E-state index in [1.165, 1.54) is 0 Å². The molecule has 2 aromatic carbocycles. The molecule has 1 aromatic heterocycles. The Hall–Kier alpha value is -2.64. The summed E-state index contributed by atoms with van der Waals surface area (Å²) in [7, 11) is -3.69. The SMILES string of the molecule is O=S(=O)(Nc1ccccc1N1CCNCC1)c1ccc2ncccc2c1. The first-order valence-corrected chi connectivity index (χ1v) is 10.0. The second-order valence-electron chi connectivity index (χ2n) is 6.22. The third-order valence-corrected chi connectivity index (χ3v) is 5.85. The molecule has 0 spiro atoms. The lowest BCUT2D eigenvalue weighted by atomic mass is 10.2. The monoisotopic (exact) mass is 368 g/mol. The summed E-state index contributed by atoms with van der Waals surface area (Å²) >= 11 is 0. The number of anilines is 2. The minimum Gasteiger partial charge on any atom is -0.367 e. The highest BCUT2D eigenvalue weighted by molar-refractivity contribution is 7.92. The van der Waals surface area contributed by atoms with Gasteiger partial charge in [-0.15, -0.1) is 0 Å². The molecule has 0 radical (unpaired) electrons. The van der Waals surface area contributed by atoms with Crippen molar-refractivity contribution in [1.82, 2.24) is 10.3 Å². The van der Waals surface area contributed by atoms with Gasteiger partial charge in [-0.05, 0) is 36.4 Å². The highest BCUT2D eigenvalue weighted by atomic mass is 32.2. The molecule has 1 saturated heterocycles. The first kappa shape index (κ1) is 16.8. The molecule has 1 aliphatic heterocycles. The number of fused-ring (bicyclic) bond motifs is 1. The predicted molar refractivity (Wildman–Crippen MR) is 104 cm³/mol. The fourth-order valence-electron chi connectivity index (χ4n) is 3.17. The quantitative estimate of drug-likeness (QED) is 0.740. The lowest BCUT2D eigenvalue weighted by molar-refractivity contribution is 0.589. The number of para-hydroxylation sites is 2. The van der Waals surface area contributed by atoms with E-state index in [1.807, 2.05) is 24.3 Å². The van der Waals surface area contributed by atoms with Gasteiger partial charge >= 0.3 is 0 Å². The van der Waals surface area contributed by atoms with Gasteiger partial charge in [-0.3, -0.25) is 9.71 Å². The van der Waals surface area contributed by atoms with E-state index in [4.69, 9.17) is 0 Å². The molecule has 0 unspecified atom stereocenters. The van der Waals surface area contributed by atoms with Crippen molar-refractivity contribution >= 4 is 32.3 Å². The molecular formula is C19H20N4O2S. The van der Waals surface area contributed by atoms with Crippen molar-refractivity contribution in [2.75, 3.05) is 35.8 Å². The average Bonchev–Trinajstić information content (AvgIpc) is 2.68. The highest BCUT2D eigenvalue weighted by Gasteiger charge is 2.19. The first-order valence-electron chi connectivity index (χ1n) is 8.56. The average molecular weight is 368 g/mol. The summed E-state index contributed by atoms with van der Waals surface area (Å²) in [6.07, 6.45) is 1.69. The van der Waals surface area contributed by atoms with E-state index in [2.05, 4.69) is 19.9 Å². The van der Waals surface area contributed by atoms with Crippen LogP contribution in [0.5, 0.6) is 0 Å². The van der Waals surface area contributed by atoms with Crippen LogP contribution in [0.4, 0.5) is 11.4 Å². The Morgan fingerprint density at radius 2 is 1.81 bits per heavy atom. The van der Waals surface area contributed by atoms with Crippen LogP contribution in [-0.4, -0.2) is 39.6 Å². The van der Waals surface area contributed by atoms with Gasteiger partial charge in [0.25, 0.3) is 10.0 Å². The molecule has 134 valence electrons. The summed E-state index contributed by atoms with van der Waals surface area (Å²) < 4.78 is 28.6. The number of hydrogen-bond acceptors (Lipinski definition) is 5. The summed E-state index contributed by atoms with van der Waals surface area (Å²) in [4.78, 5) is 6.66. The zero-order valence-electron chi connectivity index (χ0n) is 14.2. The Morgan fingerprint density at radius 1 is 1.00 bits per heavy atom. The van der Waals surface area contributed by atoms with Crippen molar-refractivity contribution in [3.63, 3.8) is 0 Å². The number of sulfonamides is 1. The molecule has 0 atom stereocenters. The van der Waals surface area contributed by atoms with Gasteiger partial charge in [0.1, 0.15) is 0 Å². The van der Waals surface area contributed by atoms with Crippen LogP contribution in [-0.2, 0) is 10.0 Å². The third-order valence-electron chi connectivity index (χ3n) is 4.49. The molecular weight excluding hydrogens is 348 g/mol. The van der Waals surface area contributed by atoms with Crippen molar-refractivity contribution < 1.29 is 8.42 Å². The molecule has 7 heteroatoms. The van der Waals surface area contributed by atoms with Crippen molar-refractivity contribution in [2.45, 2.75) is 4.90 Å². The Morgan fingerprint density at radius 3 is 2.65 bits per heavy atom. The molecule has 2 heterocycles. The van der Waals surface area contributed by atoms with Gasteiger partial charge in [0.2, 0.25) is 0 Å². The van der Waals surface area contributed by atoms with E-state index in [0.29, 0.717) is 5.69 Å². The smallest absolute Gasteiger partial charge is 0.261 e. The van der Waals surface area contributed by atoms with Crippen molar-refractivity contribution in [3.8, 4) is 0 Å². The fourth-order valence-corrected chi connectivity index (χ4v) is 4.28. The van der Waals surface area contributed by atoms with E-state index in [-0.39, 0.29) is 4.90 Å². The molecule has 2 N–H and O–H groups in total. The van der Waals surface area contributed by atoms with Gasteiger partial charge in [-0.1, -0.05) is 18.2 Å². The molecule has 26 heavy (non-hydrogen) atoms. The lowest BCUT2D eigenvalue weighted by Crippen LogP contribution is -2.43. The Bertz CT molecular complexity index is 1030. The molecule has 0 bridgehead atoms. The minimum absolute atomic E-state index is 0.230. The minimum atomic E-state index is -3.69. The maximum absolute atomic E-state index is 12.9. The number of rotatable bonds is 4. The molecule has 1 fully saturated rings. The summed E-state index contributed by atoms with van der Waals surface area (Å²) in [5.74, 6) is 0. The van der Waals surface area contributed by atoms with Crippen LogP contribution in [0.2, 0.25) is 0 Å². The van der Waals surface area contributed by atoms with Crippen LogP contribution in [0.1, 0.15) is 0 Å². The van der Waals surface area contributed by atoms with E-state index in [1.54, 1.807) is 36.5 Å². The summed E-state index contributed by atoms with van der Waals surface area (Å²) in [6.45, 7) is 3.47. The van der Waals surface area contributed by atoms with Crippen LogP contribution < -0.4 is 14.9 Å². The number of nitrogens with one attached hydrogen (secondary N) is 2. The van der Waals surface area contributed by atoms with Gasteiger partial charge in [-0.25, -0.2) is 8.42 Å². The molecule has 0 saturated carbocycles. The zero-order chi connectivity index (χ0) is 18.0. The van der Waals surface area contributed by atoms with Crippen LogP contribution in [0.25, 0.3) is 10.9 Å². The van der Waals surface area contributed by atoms with Gasteiger partial charge in [0.15, 0.2) is 0 Å². The topological polar surface area (TPSA) is 74.3 Å². The molecule has 0 aliphatic carbocycles. The van der Waals surface area contributed by atoms with E-state index < -0.39 is 10.0 Å². The van der Waals surface area contributed by atoms with Gasteiger partial charge in [-0.2, -0.15) is 0 Å². The Balaban J connectivity index is 1.67. The number of nitrogens with zero attached hydrogens (tertiary/aromatic N) is 2. The molecule has 0 amide bonds. The first-order chi connectivity index (χ1) is 12.6. The number of benzene rings is 2. The van der Waals surface area contributed by atoms with Crippen LogP contribution in [0, 0.1) is 0 Å². The highest BCUT2D eigenvalue weighted by Crippen LogP contribution is 2.28. The third kappa shape index (κ3) is 3.36. The van der Waals surface area contributed by atoms with Crippen LogP contribution in [0.3, 0.4) is 0 Å². The van der Waals surface area contributed by atoms with Crippen LogP contribution >= 0.6 is 0 Å². The van der Waals surface area contributed by atoms with E-state index in [0.717, 1.165) is 42.8 Å². The number of piperazine rings is 1. The molecule has 3 aromatic rings. The lowest BCUT2D eigenvalue weighted by Gasteiger charge is -2.31.